The van der Waals surface area contributed by atoms with Crippen molar-refractivity contribution in [1.82, 2.24) is 10.2 Å². The zero-order valence-corrected chi connectivity index (χ0v) is 7.90. The molecule has 0 unspecified atom stereocenters. The van der Waals surface area contributed by atoms with Crippen LogP contribution in [-0.4, -0.2) is 16.7 Å². The zero-order valence-electron chi connectivity index (χ0n) is 7.90. The van der Waals surface area contributed by atoms with Gasteiger partial charge < -0.3 is 5.32 Å². The summed E-state index contributed by atoms with van der Waals surface area (Å²) in [6, 6.07) is 3.76. The summed E-state index contributed by atoms with van der Waals surface area (Å²) in [6.07, 6.45) is 5.41. The lowest BCUT2D eigenvalue weighted by atomic mass is 10.2. The van der Waals surface area contributed by atoms with E-state index in [1.807, 2.05) is 0 Å². The van der Waals surface area contributed by atoms with E-state index in [9.17, 15) is 0 Å². The maximum atomic E-state index is 8.78. The van der Waals surface area contributed by atoms with Crippen LogP contribution < -0.4 is 5.32 Å². The molecule has 0 saturated heterocycles. The van der Waals surface area contributed by atoms with Crippen LogP contribution in [0.1, 0.15) is 24.8 Å². The molecule has 1 heterocycles. The van der Waals surface area contributed by atoms with Gasteiger partial charge in [0.2, 0.25) is 0 Å². The molecule has 0 amide bonds. The number of anilines is 1. The van der Waals surface area contributed by atoms with Gasteiger partial charge in [-0.2, -0.15) is 10.4 Å². The van der Waals surface area contributed by atoms with Crippen LogP contribution in [0.25, 0.3) is 0 Å². The molecule has 0 radical (unpaired) electrons. The minimum Gasteiger partial charge on any atom is -0.367 e. The van der Waals surface area contributed by atoms with Crippen molar-refractivity contribution in [3.63, 3.8) is 0 Å². The summed E-state index contributed by atoms with van der Waals surface area (Å²) in [7, 11) is 0. The van der Waals surface area contributed by atoms with Gasteiger partial charge in [0.15, 0.2) is 5.82 Å². The summed E-state index contributed by atoms with van der Waals surface area (Å²) in [5, 5.41) is 19.5. The van der Waals surface area contributed by atoms with Crippen LogP contribution in [0.4, 0.5) is 5.82 Å². The molecule has 4 nitrogen and oxygen atoms in total. The van der Waals surface area contributed by atoms with Gasteiger partial charge >= 0.3 is 0 Å². The van der Waals surface area contributed by atoms with Crippen LogP contribution in [0.3, 0.4) is 0 Å². The first-order valence-electron chi connectivity index (χ1n) is 4.86. The molecule has 1 fully saturated rings. The van der Waals surface area contributed by atoms with Gasteiger partial charge in [-0.25, -0.2) is 0 Å². The average molecular weight is 188 g/mol. The third-order valence-electron chi connectivity index (χ3n) is 2.38. The highest BCUT2D eigenvalue weighted by molar-refractivity contribution is 5.49. The predicted octanol–water partition coefficient (Wildman–Crippen LogP) is 1.56. The molecule has 0 spiro atoms. The molecule has 1 aliphatic carbocycles. The average Bonchev–Trinajstić information content (AvgIpc) is 3.03. The summed E-state index contributed by atoms with van der Waals surface area (Å²) in [4.78, 5) is 0. The van der Waals surface area contributed by atoms with E-state index in [2.05, 4.69) is 21.6 Å². The molecule has 1 N–H and O–H groups in total. The highest BCUT2D eigenvalue weighted by atomic mass is 15.2. The second-order valence-corrected chi connectivity index (χ2v) is 3.56. The van der Waals surface area contributed by atoms with Crippen molar-refractivity contribution < 1.29 is 0 Å². The molecule has 1 aliphatic rings. The molecular weight excluding hydrogens is 176 g/mol. The second kappa shape index (κ2) is 4.05. The Labute approximate surface area is 83.0 Å². The van der Waals surface area contributed by atoms with E-state index in [1.54, 1.807) is 6.07 Å². The van der Waals surface area contributed by atoms with E-state index in [0.717, 1.165) is 12.5 Å². The molecule has 1 saturated carbocycles. The van der Waals surface area contributed by atoms with Gasteiger partial charge in [-0.1, -0.05) is 12.8 Å². The highest BCUT2D eigenvalue weighted by Gasteiger charge is 2.20. The van der Waals surface area contributed by atoms with Crippen molar-refractivity contribution in [2.24, 2.45) is 5.92 Å². The maximum Gasteiger partial charge on any atom is 0.166 e. The minimum absolute atomic E-state index is 0.566. The third-order valence-corrected chi connectivity index (χ3v) is 2.38. The summed E-state index contributed by atoms with van der Waals surface area (Å²) in [6.45, 7) is 0.887. The topological polar surface area (TPSA) is 61.6 Å². The van der Waals surface area contributed by atoms with Crippen LogP contribution in [0.15, 0.2) is 12.3 Å². The smallest absolute Gasteiger partial charge is 0.166 e. The summed E-state index contributed by atoms with van der Waals surface area (Å²) in [5.74, 6) is 1.50. The maximum absolute atomic E-state index is 8.78. The van der Waals surface area contributed by atoms with Crippen molar-refractivity contribution in [1.29, 1.82) is 5.26 Å². The van der Waals surface area contributed by atoms with E-state index in [0.29, 0.717) is 11.4 Å². The van der Waals surface area contributed by atoms with Crippen LogP contribution in [0, 0.1) is 17.2 Å². The molecule has 14 heavy (non-hydrogen) atoms. The first-order chi connectivity index (χ1) is 6.90. The normalized spacial score (nSPS) is 14.8. The summed E-state index contributed by atoms with van der Waals surface area (Å²) < 4.78 is 0. The van der Waals surface area contributed by atoms with E-state index >= 15 is 0 Å². The fourth-order valence-electron chi connectivity index (χ4n) is 1.35. The molecule has 72 valence electrons. The molecular formula is C10H12N4. The van der Waals surface area contributed by atoms with E-state index in [4.69, 9.17) is 5.26 Å². The van der Waals surface area contributed by atoms with Gasteiger partial charge in [-0.05, 0) is 18.4 Å². The van der Waals surface area contributed by atoms with Gasteiger partial charge in [0.25, 0.3) is 0 Å². The largest absolute Gasteiger partial charge is 0.367 e. The monoisotopic (exact) mass is 188 g/mol. The Balaban J connectivity index is 1.90. The van der Waals surface area contributed by atoms with Crippen molar-refractivity contribution in [2.75, 3.05) is 11.9 Å². The third kappa shape index (κ3) is 2.19. The van der Waals surface area contributed by atoms with Crippen LogP contribution >= 0.6 is 0 Å². The Bertz CT molecular complexity index is 351. The van der Waals surface area contributed by atoms with Gasteiger partial charge in [0.05, 0.1) is 11.8 Å². The van der Waals surface area contributed by atoms with E-state index < -0.39 is 0 Å². The number of nitrogens with one attached hydrogen (secondary N) is 1. The Morgan fingerprint density at radius 1 is 1.57 bits per heavy atom. The molecule has 4 heteroatoms. The van der Waals surface area contributed by atoms with Crippen LogP contribution in [-0.2, 0) is 0 Å². The molecule has 0 aromatic carbocycles. The Morgan fingerprint density at radius 3 is 3.14 bits per heavy atom. The quantitative estimate of drug-likeness (QED) is 0.778. The standard InChI is InChI=1S/C10H12N4/c11-7-9-4-6-13-14-10(9)12-5-3-8-1-2-8/h4,6,8H,1-3,5H2,(H,12,14). The van der Waals surface area contributed by atoms with Crippen molar-refractivity contribution in [2.45, 2.75) is 19.3 Å². The first kappa shape index (κ1) is 8.95. The van der Waals surface area contributed by atoms with Gasteiger partial charge in [-0.15, -0.1) is 5.10 Å². The number of nitriles is 1. The molecule has 2 rings (SSSR count). The Kier molecular flexibility index (Phi) is 2.59. The van der Waals surface area contributed by atoms with Crippen LogP contribution in [0.5, 0.6) is 0 Å². The van der Waals surface area contributed by atoms with Crippen LogP contribution in [0.2, 0.25) is 0 Å². The van der Waals surface area contributed by atoms with E-state index in [1.165, 1.54) is 25.5 Å². The van der Waals surface area contributed by atoms with Gasteiger partial charge in [0.1, 0.15) is 6.07 Å². The molecule has 1 aromatic rings. The van der Waals surface area contributed by atoms with Gasteiger partial charge in [0, 0.05) is 6.54 Å². The number of hydrogen-bond donors (Lipinski definition) is 1. The van der Waals surface area contributed by atoms with E-state index in [-0.39, 0.29) is 0 Å². The molecule has 1 aromatic heterocycles. The lowest BCUT2D eigenvalue weighted by Crippen LogP contribution is -2.06. The van der Waals surface area contributed by atoms with Crippen molar-refractivity contribution in [3.8, 4) is 6.07 Å². The number of nitrogens with zero attached hydrogens (tertiary/aromatic N) is 3. The Hall–Kier alpha value is -1.63. The fraction of sp³-hybridized carbons (Fsp3) is 0.500. The number of aromatic nitrogens is 2. The molecule has 0 aliphatic heterocycles. The first-order valence-corrected chi connectivity index (χ1v) is 4.86. The molecule has 0 bridgehead atoms. The second-order valence-electron chi connectivity index (χ2n) is 3.56. The van der Waals surface area contributed by atoms with Crippen molar-refractivity contribution in [3.05, 3.63) is 17.8 Å². The zero-order chi connectivity index (χ0) is 9.80. The summed E-state index contributed by atoms with van der Waals surface area (Å²) in [5.41, 5.74) is 0.566. The summed E-state index contributed by atoms with van der Waals surface area (Å²) >= 11 is 0. The predicted molar refractivity (Wildman–Crippen MR) is 52.6 cm³/mol. The minimum atomic E-state index is 0.566. The lowest BCUT2D eigenvalue weighted by molar-refractivity contribution is 0.756. The number of rotatable bonds is 4. The lowest BCUT2D eigenvalue weighted by Gasteiger charge is -2.04. The SMILES string of the molecule is N#Cc1ccnnc1NCCC1CC1. The molecule has 0 atom stereocenters. The van der Waals surface area contributed by atoms with Crippen molar-refractivity contribution >= 4 is 5.82 Å². The highest BCUT2D eigenvalue weighted by Crippen LogP contribution is 2.32. The van der Waals surface area contributed by atoms with Gasteiger partial charge in [-0.3, -0.25) is 0 Å². The fourth-order valence-corrected chi connectivity index (χ4v) is 1.35. The Morgan fingerprint density at radius 2 is 2.43 bits per heavy atom. The number of hydrogen-bond acceptors (Lipinski definition) is 4.